The number of anilines is 2. The van der Waals surface area contributed by atoms with E-state index in [2.05, 4.69) is 15.6 Å². The summed E-state index contributed by atoms with van der Waals surface area (Å²) in [7, 11) is 0. The van der Waals surface area contributed by atoms with Gasteiger partial charge in [-0.1, -0.05) is 35.5 Å². The van der Waals surface area contributed by atoms with Crippen molar-refractivity contribution in [3.63, 3.8) is 0 Å². The average Bonchev–Trinajstić information content (AvgIpc) is 3.29. The number of benzene rings is 3. The van der Waals surface area contributed by atoms with Crippen molar-refractivity contribution < 1.29 is 19.1 Å². The van der Waals surface area contributed by atoms with Crippen molar-refractivity contribution in [1.82, 2.24) is 15.0 Å². The van der Waals surface area contributed by atoms with Crippen molar-refractivity contribution in [2.75, 3.05) is 11.1 Å². The SMILES string of the molecule is Nc1ccc(-c2ccc(F)cc2)cc1NC(=O)c1cn(CCc2ccc(C(=O)O)cc2)nn1. The van der Waals surface area contributed by atoms with Gasteiger partial charge in [0, 0.05) is 6.54 Å². The smallest absolute Gasteiger partial charge is 0.335 e. The van der Waals surface area contributed by atoms with E-state index >= 15 is 0 Å². The average molecular weight is 445 g/mol. The highest BCUT2D eigenvalue weighted by atomic mass is 19.1. The lowest BCUT2D eigenvalue weighted by molar-refractivity contribution is 0.0696. The number of carbonyl (C=O) groups is 2. The topological polar surface area (TPSA) is 123 Å². The number of aryl methyl sites for hydroxylation is 2. The number of nitrogens with one attached hydrogen (secondary N) is 1. The van der Waals surface area contributed by atoms with Crippen molar-refractivity contribution in [2.45, 2.75) is 13.0 Å². The van der Waals surface area contributed by atoms with Gasteiger partial charge in [0.05, 0.1) is 23.1 Å². The molecule has 0 saturated carbocycles. The van der Waals surface area contributed by atoms with E-state index in [4.69, 9.17) is 10.8 Å². The van der Waals surface area contributed by atoms with E-state index in [0.717, 1.165) is 16.7 Å². The molecule has 3 aromatic carbocycles. The van der Waals surface area contributed by atoms with Gasteiger partial charge in [-0.3, -0.25) is 9.48 Å². The largest absolute Gasteiger partial charge is 0.478 e. The molecule has 0 aliphatic carbocycles. The molecule has 0 spiro atoms. The molecule has 4 N–H and O–H groups in total. The van der Waals surface area contributed by atoms with Gasteiger partial charge in [-0.25, -0.2) is 9.18 Å². The summed E-state index contributed by atoms with van der Waals surface area (Å²) in [5.41, 5.74) is 9.65. The number of nitrogens with zero attached hydrogens (tertiary/aromatic N) is 3. The summed E-state index contributed by atoms with van der Waals surface area (Å²) < 4.78 is 14.7. The minimum atomic E-state index is -0.975. The first-order valence-corrected chi connectivity index (χ1v) is 10.1. The summed E-state index contributed by atoms with van der Waals surface area (Å²) in [4.78, 5) is 23.6. The molecule has 0 aliphatic heterocycles. The van der Waals surface area contributed by atoms with E-state index in [1.165, 1.54) is 23.0 Å². The zero-order chi connectivity index (χ0) is 23.4. The van der Waals surface area contributed by atoms with Crippen molar-refractivity contribution in [3.8, 4) is 11.1 Å². The zero-order valence-corrected chi connectivity index (χ0v) is 17.4. The first-order valence-electron chi connectivity index (χ1n) is 10.1. The fraction of sp³-hybridized carbons (Fsp3) is 0.0833. The summed E-state index contributed by atoms with van der Waals surface area (Å²) in [5.74, 6) is -1.77. The Balaban J connectivity index is 1.41. The standard InChI is InChI=1S/C24H20FN5O3/c25-19-8-5-16(6-9-19)18-7-10-20(26)21(13-18)27-23(31)22-14-30(29-28-22)12-11-15-1-3-17(4-2-15)24(32)33/h1-10,13-14H,11-12,26H2,(H,27,31)(H,32,33). The van der Waals surface area contributed by atoms with Gasteiger partial charge in [0.1, 0.15) is 5.82 Å². The number of carbonyl (C=O) groups excluding carboxylic acids is 1. The Morgan fingerprint density at radius 3 is 2.39 bits per heavy atom. The number of amides is 1. The molecule has 4 aromatic rings. The third-order valence-corrected chi connectivity index (χ3v) is 5.08. The molecule has 0 unspecified atom stereocenters. The lowest BCUT2D eigenvalue weighted by Gasteiger charge is -2.10. The number of carboxylic acids is 1. The summed E-state index contributed by atoms with van der Waals surface area (Å²) in [6.45, 7) is 0.467. The highest BCUT2D eigenvalue weighted by Gasteiger charge is 2.14. The van der Waals surface area contributed by atoms with Gasteiger partial charge in [-0.2, -0.15) is 0 Å². The van der Waals surface area contributed by atoms with Crippen molar-refractivity contribution >= 4 is 23.3 Å². The Labute approximate surface area is 188 Å². The summed E-state index contributed by atoms with van der Waals surface area (Å²) in [6, 6.07) is 17.8. The van der Waals surface area contributed by atoms with Gasteiger partial charge in [-0.05, 0) is 59.5 Å². The third kappa shape index (κ3) is 5.21. The molecule has 1 heterocycles. The van der Waals surface area contributed by atoms with Crippen LogP contribution in [0, 0.1) is 5.82 Å². The summed E-state index contributed by atoms with van der Waals surface area (Å²) in [5, 5.41) is 19.6. The summed E-state index contributed by atoms with van der Waals surface area (Å²) >= 11 is 0. The predicted octanol–water partition coefficient (Wildman–Crippen LogP) is 3.86. The van der Waals surface area contributed by atoms with Crippen molar-refractivity contribution in [3.05, 3.63) is 95.6 Å². The van der Waals surface area contributed by atoms with Crippen LogP contribution in [0.2, 0.25) is 0 Å². The molecule has 8 nitrogen and oxygen atoms in total. The molecule has 0 bridgehead atoms. The van der Waals surface area contributed by atoms with E-state index in [1.54, 1.807) is 54.6 Å². The number of aromatic carboxylic acids is 1. The van der Waals surface area contributed by atoms with Crippen LogP contribution in [0.15, 0.2) is 72.9 Å². The van der Waals surface area contributed by atoms with Gasteiger partial charge in [-0.15, -0.1) is 5.10 Å². The molecule has 166 valence electrons. The molecule has 0 radical (unpaired) electrons. The Hall–Kier alpha value is -4.53. The monoisotopic (exact) mass is 445 g/mol. The molecule has 1 aromatic heterocycles. The molecule has 33 heavy (non-hydrogen) atoms. The molecule has 0 atom stereocenters. The van der Waals surface area contributed by atoms with Gasteiger partial charge in [0.25, 0.3) is 5.91 Å². The van der Waals surface area contributed by atoms with Crippen LogP contribution in [-0.2, 0) is 13.0 Å². The van der Waals surface area contributed by atoms with E-state index < -0.39 is 11.9 Å². The second-order valence-electron chi connectivity index (χ2n) is 7.38. The van der Waals surface area contributed by atoms with Crippen LogP contribution >= 0.6 is 0 Å². The Morgan fingerprint density at radius 2 is 1.70 bits per heavy atom. The van der Waals surface area contributed by atoms with Crippen molar-refractivity contribution in [1.29, 1.82) is 0 Å². The van der Waals surface area contributed by atoms with Crippen LogP contribution in [0.1, 0.15) is 26.4 Å². The van der Waals surface area contributed by atoms with Crippen LogP contribution in [0.5, 0.6) is 0 Å². The number of rotatable bonds is 7. The number of halogens is 1. The molecule has 1 amide bonds. The van der Waals surface area contributed by atoms with Crippen LogP contribution in [0.3, 0.4) is 0 Å². The van der Waals surface area contributed by atoms with Crippen molar-refractivity contribution in [2.24, 2.45) is 0 Å². The highest BCUT2D eigenvalue weighted by molar-refractivity contribution is 6.04. The summed E-state index contributed by atoms with van der Waals surface area (Å²) in [6.07, 6.45) is 2.12. The number of nitrogens with two attached hydrogens (primary N) is 1. The van der Waals surface area contributed by atoms with E-state index in [9.17, 15) is 14.0 Å². The van der Waals surface area contributed by atoms with Gasteiger partial charge in [0.15, 0.2) is 5.69 Å². The number of nitrogen functional groups attached to an aromatic ring is 1. The highest BCUT2D eigenvalue weighted by Crippen LogP contribution is 2.27. The Bertz CT molecular complexity index is 1300. The fourth-order valence-electron chi connectivity index (χ4n) is 3.24. The van der Waals surface area contributed by atoms with Gasteiger partial charge >= 0.3 is 5.97 Å². The molecular weight excluding hydrogens is 425 g/mol. The molecule has 0 aliphatic rings. The zero-order valence-electron chi connectivity index (χ0n) is 17.4. The quantitative estimate of drug-likeness (QED) is 0.371. The first kappa shape index (κ1) is 21.7. The maximum absolute atomic E-state index is 13.2. The predicted molar refractivity (Wildman–Crippen MR) is 121 cm³/mol. The number of hydrogen-bond donors (Lipinski definition) is 3. The number of hydrogen-bond acceptors (Lipinski definition) is 5. The lowest BCUT2D eigenvalue weighted by atomic mass is 10.0. The van der Waals surface area contributed by atoms with Crippen LogP contribution in [0.25, 0.3) is 11.1 Å². The normalized spacial score (nSPS) is 10.7. The molecule has 4 rings (SSSR count). The van der Waals surface area contributed by atoms with Crippen LogP contribution in [0.4, 0.5) is 15.8 Å². The lowest BCUT2D eigenvalue weighted by Crippen LogP contribution is -2.14. The minimum Gasteiger partial charge on any atom is -0.478 e. The minimum absolute atomic E-state index is 0.128. The number of aromatic nitrogens is 3. The molecule has 0 fully saturated rings. The molecule has 0 saturated heterocycles. The third-order valence-electron chi connectivity index (χ3n) is 5.08. The van der Waals surface area contributed by atoms with Crippen LogP contribution < -0.4 is 11.1 Å². The second-order valence-corrected chi connectivity index (χ2v) is 7.38. The maximum Gasteiger partial charge on any atom is 0.335 e. The van der Waals surface area contributed by atoms with Gasteiger partial charge in [0.2, 0.25) is 0 Å². The second kappa shape index (κ2) is 9.31. The molecular formula is C24H20FN5O3. The van der Waals surface area contributed by atoms with Gasteiger partial charge < -0.3 is 16.2 Å². The van der Waals surface area contributed by atoms with Crippen LogP contribution in [-0.4, -0.2) is 32.0 Å². The van der Waals surface area contributed by atoms with E-state index in [1.807, 2.05) is 0 Å². The maximum atomic E-state index is 13.2. The fourth-order valence-corrected chi connectivity index (χ4v) is 3.24. The number of carboxylic acid groups (broad SMARTS) is 1. The Kier molecular flexibility index (Phi) is 6.12. The first-order chi connectivity index (χ1) is 15.9. The van der Waals surface area contributed by atoms with E-state index in [-0.39, 0.29) is 17.1 Å². The Morgan fingerprint density at radius 1 is 1.00 bits per heavy atom. The van der Waals surface area contributed by atoms with E-state index in [0.29, 0.717) is 24.3 Å². The molecule has 9 heteroatoms.